The lowest BCUT2D eigenvalue weighted by molar-refractivity contribution is 0.0954. The minimum absolute atomic E-state index is 0.172. The van der Waals surface area contributed by atoms with E-state index in [0.717, 1.165) is 5.56 Å². The predicted octanol–water partition coefficient (Wildman–Crippen LogP) is 2.00. The number of nitrogens with two attached hydrogens (primary N) is 1. The van der Waals surface area contributed by atoms with E-state index in [1.807, 2.05) is 18.2 Å². The topological polar surface area (TPSA) is 111 Å². The van der Waals surface area contributed by atoms with Crippen LogP contribution in [0.15, 0.2) is 41.2 Å². The number of ether oxygens (including phenoxy) is 2. The van der Waals surface area contributed by atoms with Gasteiger partial charge >= 0.3 is 0 Å². The van der Waals surface area contributed by atoms with Gasteiger partial charge in [0.15, 0.2) is 11.1 Å². The van der Waals surface area contributed by atoms with Crippen molar-refractivity contribution in [2.24, 2.45) is 10.7 Å². The molecule has 9 heteroatoms. The van der Waals surface area contributed by atoms with Gasteiger partial charge in [-0.15, -0.1) is 17.9 Å². The molecule has 0 radical (unpaired) electrons. The van der Waals surface area contributed by atoms with Gasteiger partial charge in [0.25, 0.3) is 5.91 Å². The van der Waals surface area contributed by atoms with Crippen LogP contribution in [0.3, 0.4) is 0 Å². The summed E-state index contributed by atoms with van der Waals surface area (Å²) in [4.78, 5) is 20.3. The lowest BCUT2D eigenvalue weighted by Crippen LogP contribution is -2.24. The Morgan fingerprint density at radius 1 is 1.38 bits per heavy atom. The molecule has 26 heavy (non-hydrogen) atoms. The Balaban J connectivity index is 2.04. The quantitative estimate of drug-likeness (QED) is 0.370. The molecule has 4 N–H and O–H groups in total. The number of aliphatic imine (C=N–C) groups is 1. The molecule has 1 heterocycles. The smallest absolute Gasteiger partial charge is 0.271 e. The number of rotatable bonds is 8. The van der Waals surface area contributed by atoms with Crippen LogP contribution in [0.5, 0.6) is 11.5 Å². The maximum Gasteiger partial charge on any atom is 0.271 e. The molecule has 1 aromatic carbocycles. The monoisotopic (exact) mass is 375 g/mol. The van der Waals surface area contributed by atoms with Crippen LogP contribution in [-0.2, 0) is 6.54 Å². The standard InChI is InChI=1S/C17H21N5O3S/c1-4-8-19-15(23)12-10-26-17(21-12)22-16(18)20-9-11-13(24-2)6-5-7-14(11)25-3/h4-7,10H,1,8-9H2,2-3H3,(H,19,23)(H3,18,20,21,22). The maximum absolute atomic E-state index is 11.8. The third kappa shape index (κ3) is 4.96. The first-order valence-corrected chi connectivity index (χ1v) is 8.58. The predicted molar refractivity (Wildman–Crippen MR) is 103 cm³/mol. The number of aromatic nitrogens is 1. The van der Waals surface area contributed by atoms with Gasteiger partial charge in [0.2, 0.25) is 0 Å². The molecule has 138 valence electrons. The second kappa shape index (κ2) is 9.42. The van der Waals surface area contributed by atoms with E-state index < -0.39 is 0 Å². The zero-order valence-electron chi connectivity index (χ0n) is 14.6. The van der Waals surface area contributed by atoms with Crippen LogP contribution < -0.4 is 25.8 Å². The Hall–Kier alpha value is -3.07. The summed E-state index contributed by atoms with van der Waals surface area (Å²) < 4.78 is 10.7. The molecule has 0 aliphatic rings. The minimum Gasteiger partial charge on any atom is -0.496 e. The van der Waals surface area contributed by atoms with Crippen molar-refractivity contribution in [2.45, 2.75) is 6.54 Å². The number of nitrogens with one attached hydrogen (secondary N) is 2. The van der Waals surface area contributed by atoms with Gasteiger partial charge in [-0.3, -0.25) is 4.79 Å². The van der Waals surface area contributed by atoms with Crippen molar-refractivity contribution in [3.05, 3.63) is 47.5 Å². The van der Waals surface area contributed by atoms with Crippen LogP contribution in [0, 0.1) is 0 Å². The van der Waals surface area contributed by atoms with Gasteiger partial charge in [-0.05, 0) is 12.1 Å². The van der Waals surface area contributed by atoms with E-state index in [1.54, 1.807) is 25.7 Å². The van der Waals surface area contributed by atoms with E-state index in [2.05, 4.69) is 27.2 Å². The number of hydrogen-bond donors (Lipinski definition) is 3. The first-order valence-electron chi connectivity index (χ1n) is 7.70. The van der Waals surface area contributed by atoms with Gasteiger partial charge < -0.3 is 25.8 Å². The van der Waals surface area contributed by atoms with Gasteiger partial charge in [0, 0.05) is 11.9 Å². The summed E-state index contributed by atoms with van der Waals surface area (Å²) in [5, 5.41) is 7.64. The molecule has 2 aromatic rings. The molecule has 0 bridgehead atoms. The summed E-state index contributed by atoms with van der Waals surface area (Å²) >= 11 is 1.26. The molecule has 0 fully saturated rings. The van der Waals surface area contributed by atoms with Crippen molar-refractivity contribution in [3.63, 3.8) is 0 Å². The number of nitrogens with zero attached hydrogens (tertiary/aromatic N) is 2. The molecule has 0 unspecified atom stereocenters. The van der Waals surface area contributed by atoms with Crippen LogP contribution in [0.25, 0.3) is 0 Å². The first kappa shape index (κ1) is 19.3. The van der Waals surface area contributed by atoms with E-state index in [-0.39, 0.29) is 18.4 Å². The van der Waals surface area contributed by atoms with Crippen LogP contribution >= 0.6 is 11.3 Å². The molecule has 2 rings (SSSR count). The summed E-state index contributed by atoms with van der Waals surface area (Å²) in [6, 6.07) is 5.49. The molecule has 0 aliphatic heterocycles. The number of guanidine groups is 1. The highest BCUT2D eigenvalue weighted by atomic mass is 32.1. The van der Waals surface area contributed by atoms with Crippen molar-refractivity contribution >= 4 is 28.3 Å². The number of thiazole rings is 1. The first-order chi connectivity index (χ1) is 12.6. The molecule has 0 saturated carbocycles. The summed E-state index contributed by atoms with van der Waals surface area (Å²) in [6.07, 6.45) is 1.60. The van der Waals surface area contributed by atoms with E-state index in [4.69, 9.17) is 15.2 Å². The van der Waals surface area contributed by atoms with Crippen LogP contribution in [0.2, 0.25) is 0 Å². The zero-order valence-corrected chi connectivity index (χ0v) is 15.4. The SMILES string of the molecule is C=CCNC(=O)c1csc(NC(N)=NCc2c(OC)cccc2OC)n1. The molecule has 0 spiro atoms. The van der Waals surface area contributed by atoms with Crippen molar-refractivity contribution in [3.8, 4) is 11.5 Å². The molecule has 8 nitrogen and oxygen atoms in total. The van der Waals surface area contributed by atoms with Crippen molar-refractivity contribution in [2.75, 3.05) is 26.1 Å². The Morgan fingerprint density at radius 3 is 2.69 bits per heavy atom. The highest BCUT2D eigenvalue weighted by Gasteiger charge is 2.11. The fourth-order valence-electron chi connectivity index (χ4n) is 2.09. The summed E-state index contributed by atoms with van der Waals surface area (Å²) in [6.45, 7) is 4.19. The third-order valence-electron chi connectivity index (χ3n) is 3.32. The van der Waals surface area contributed by atoms with Crippen LogP contribution in [-0.4, -0.2) is 37.6 Å². The van der Waals surface area contributed by atoms with Crippen LogP contribution in [0.4, 0.5) is 5.13 Å². The van der Waals surface area contributed by atoms with E-state index in [9.17, 15) is 4.79 Å². The average molecular weight is 375 g/mol. The van der Waals surface area contributed by atoms with Gasteiger partial charge in [0.1, 0.15) is 17.2 Å². The number of carbonyl (C=O) groups excluding carboxylic acids is 1. The fourth-order valence-corrected chi connectivity index (χ4v) is 2.79. The molecule has 0 aliphatic carbocycles. The Labute approximate surface area is 155 Å². The summed E-state index contributed by atoms with van der Waals surface area (Å²) in [5.41, 5.74) is 7.00. The minimum atomic E-state index is -0.275. The van der Waals surface area contributed by atoms with Crippen molar-refractivity contribution in [1.82, 2.24) is 10.3 Å². The van der Waals surface area contributed by atoms with Crippen LogP contribution in [0.1, 0.15) is 16.1 Å². The molecular formula is C17H21N5O3S. The summed E-state index contributed by atoms with van der Waals surface area (Å²) in [5.74, 6) is 1.22. The number of benzene rings is 1. The van der Waals surface area contributed by atoms with Gasteiger partial charge in [-0.25, -0.2) is 9.98 Å². The number of methoxy groups -OCH3 is 2. The van der Waals surface area contributed by atoms with Gasteiger partial charge in [-0.1, -0.05) is 12.1 Å². The molecule has 0 atom stereocenters. The van der Waals surface area contributed by atoms with E-state index in [1.165, 1.54) is 11.3 Å². The third-order valence-corrected chi connectivity index (χ3v) is 4.07. The lowest BCUT2D eigenvalue weighted by Gasteiger charge is -2.11. The largest absolute Gasteiger partial charge is 0.496 e. The second-order valence-corrected chi connectivity index (χ2v) is 5.86. The number of hydrogen-bond acceptors (Lipinski definition) is 6. The lowest BCUT2D eigenvalue weighted by atomic mass is 10.2. The average Bonchev–Trinajstić information content (AvgIpc) is 3.12. The highest BCUT2D eigenvalue weighted by molar-refractivity contribution is 7.14. The Kier molecular flexibility index (Phi) is 6.98. The molecular weight excluding hydrogens is 354 g/mol. The highest BCUT2D eigenvalue weighted by Crippen LogP contribution is 2.28. The number of carbonyl (C=O) groups is 1. The fraction of sp³-hybridized carbons (Fsp3) is 0.235. The summed E-state index contributed by atoms with van der Waals surface area (Å²) in [7, 11) is 3.16. The van der Waals surface area contributed by atoms with Gasteiger partial charge in [-0.2, -0.15) is 0 Å². The van der Waals surface area contributed by atoms with Crippen molar-refractivity contribution in [1.29, 1.82) is 0 Å². The maximum atomic E-state index is 11.8. The second-order valence-electron chi connectivity index (χ2n) is 5.00. The van der Waals surface area contributed by atoms with Crippen molar-refractivity contribution < 1.29 is 14.3 Å². The van der Waals surface area contributed by atoms with Gasteiger partial charge in [0.05, 0.1) is 26.3 Å². The Bertz CT molecular complexity index is 781. The molecule has 1 amide bonds. The Morgan fingerprint density at radius 2 is 2.08 bits per heavy atom. The normalized spacial score (nSPS) is 10.9. The molecule has 1 aromatic heterocycles. The molecule has 0 saturated heterocycles. The number of amides is 1. The zero-order chi connectivity index (χ0) is 18.9. The van der Waals surface area contributed by atoms with E-state index in [0.29, 0.717) is 28.9 Å². The van der Waals surface area contributed by atoms with E-state index >= 15 is 0 Å². The number of anilines is 1.